The fourth-order valence-electron chi connectivity index (χ4n) is 1.90. The lowest BCUT2D eigenvalue weighted by molar-refractivity contribution is 0.640. The van der Waals surface area contributed by atoms with Crippen LogP contribution in [0.15, 0.2) is 59.5 Å². The van der Waals surface area contributed by atoms with Crippen LogP contribution >= 0.6 is 12.6 Å². The molecular weight excluding hydrogens is 212 g/mol. The number of hydrogen-bond acceptors (Lipinski definition) is 1. The van der Waals surface area contributed by atoms with E-state index in [2.05, 4.69) is 68.9 Å². The molecule has 0 N–H and O–H groups in total. The predicted octanol–water partition coefficient (Wildman–Crippen LogP) is 4.30. The molecule has 2 aromatic carbocycles. The van der Waals surface area contributed by atoms with E-state index in [1.54, 1.807) is 0 Å². The summed E-state index contributed by atoms with van der Waals surface area (Å²) in [4.78, 5) is 1.01. The molecule has 0 fully saturated rings. The Morgan fingerprint density at radius 1 is 0.750 bits per heavy atom. The van der Waals surface area contributed by atoms with Gasteiger partial charge in [0, 0.05) is 10.3 Å². The quantitative estimate of drug-likeness (QED) is 0.728. The average molecular weight is 228 g/mol. The lowest BCUT2D eigenvalue weighted by Crippen LogP contribution is -2.18. The van der Waals surface area contributed by atoms with Gasteiger partial charge in [-0.05, 0) is 23.3 Å². The second-order valence-corrected chi connectivity index (χ2v) is 5.05. The molecule has 0 spiro atoms. The standard InChI is InChI=1S/C15H16S/c1-15(2,12-6-4-3-5-7-12)13-8-10-14(16)11-9-13/h3-11,16H,1-2H3. The van der Waals surface area contributed by atoms with Crippen LogP contribution in [0.5, 0.6) is 0 Å². The van der Waals surface area contributed by atoms with E-state index in [1.807, 2.05) is 12.1 Å². The first-order valence-corrected chi connectivity index (χ1v) is 5.90. The van der Waals surface area contributed by atoms with Crippen molar-refractivity contribution in [2.45, 2.75) is 24.2 Å². The highest BCUT2D eigenvalue weighted by atomic mass is 32.1. The molecule has 0 nitrogen and oxygen atoms in total. The van der Waals surface area contributed by atoms with E-state index in [-0.39, 0.29) is 5.41 Å². The van der Waals surface area contributed by atoms with E-state index in [0.29, 0.717) is 0 Å². The van der Waals surface area contributed by atoms with Crippen molar-refractivity contribution in [2.75, 3.05) is 0 Å². The van der Waals surface area contributed by atoms with Crippen molar-refractivity contribution >= 4 is 12.6 Å². The lowest BCUT2D eigenvalue weighted by atomic mass is 9.78. The minimum atomic E-state index is 0.0444. The van der Waals surface area contributed by atoms with Crippen molar-refractivity contribution in [3.05, 3.63) is 65.7 Å². The molecule has 0 amide bonds. The van der Waals surface area contributed by atoms with Crippen LogP contribution in [0.4, 0.5) is 0 Å². The number of rotatable bonds is 2. The molecule has 0 saturated carbocycles. The van der Waals surface area contributed by atoms with Crippen LogP contribution in [-0.4, -0.2) is 0 Å². The molecule has 0 aliphatic heterocycles. The van der Waals surface area contributed by atoms with Gasteiger partial charge in [-0.1, -0.05) is 56.3 Å². The van der Waals surface area contributed by atoms with Gasteiger partial charge >= 0.3 is 0 Å². The zero-order chi connectivity index (χ0) is 11.6. The van der Waals surface area contributed by atoms with Crippen molar-refractivity contribution in [1.29, 1.82) is 0 Å². The lowest BCUT2D eigenvalue weighted by Gasteiger charge is -2.26. The molecule has 0 atom stereocenters. The third-order valence-electron chi connectivity index (χ3n) is 3.08. The van der Waals surface area contributed by atoms with Crippen LogP contribution in [0.25, 0.3) is 0 Å². The Balaban J connectivity index is 2.43. The number of thiol groups is 1. The summed E-state index contributed by atoms with van der Waals surface area (Å²) >= 11 is 4.31. The molecule has 0 aliphatic carbocycles. The highest BCUT2D eigenvalue weighted by molar-refractivity contribution is 7.80. The van der Waals surface area contributed by atoms with Crippen LogP contribution in [-0.2, 0) is 5.41 Å². The summed E-state index contributed by atoms with van der Waals surface area (Å²) in [6.07, 6.45) is 0. The molecule has 0 saturated heterocycles. The molecule has 2 rings (SSSR count). The SMILES string of the molecule is CC(C)(c1ccccc1)c1ccc(S)cc1. The Morgan fingerprint density at radius 3 is 1.81 bits per heavy atom. The van der Waals surface area contributed by atoms with Crippen LogP contribution in [0.1, 0.15) is 25.0 Å². The first-order valence-electron chi connectivity index (χ1n) is 5.46. The van der Waals surface area contributed by atoms with Crippen LogP contribution in [0.3, 0.4) is 0 Å². The molecule has 0 aromatic heterocycles. The summed E-state index contributed by atoms with van der Waals surface area (Å²) in [6.45, 7) is 4.49. The summed E-state index contributed by atoms with van der Waals surface area (Å²) in [5.41, 5.74) is 2.70. The van der Waals surface area contributed by atoms with Gasteiger partial charge in [-0.15, -0.1) is 12.6 Å². The first kappa shape index (κ1) is 11.3. The van der Waals surface area contributed by atoms with Gasteiger partial charge in [-0.25, -0.2) is 0 Å². The molecule has 0 unspecified atom stereocenters. The average Bonchev–Trinajstić information content (AvgIpc) is 2.31. The van der Waals surface area contributed by atoms with Crippen molar-refractivity contribution < 1.29 is 0 Å². The van der Waals surface area contributed by atoms with Gasteiger partial charge in [0.05, 0.1) is 0 Å². The Bertz CT molecular complexity index is 455. The van der Waals surface area contributed by atoms with Gasteiger partial charge in [-0.3, -0.25) is 0 Å². The van der Waals surface area contributed by atoms with Gasteiger partial charge in [0.25, 0.3) is 0 Å². The Kier molecular flexibility index (Phi) is 3.06. The van der Waals surface area contributed by atoms with Crippen molar-refractivity contribution in [3.8, 4) is 0 Å². The van der Waals surface area contributed by atoms with Crippen LogP contribution in [0, 0.1) is 0 Å². The topological polar surface area (TPSA) is 0 Å². The highest BCUT2D eigenvalue weighted by Gasteiger charge is 2.22. The number of hydrogen-bond donors (Lipinski definition) is 1. The molecule has 0 aliphatic rings. The van der Waals surface area contributed by atoms with E-state index in [9.17, 15) is 0 Å². The predicted molar refractivity (Wildman–Crippen MR) is 72.3 cm³/mol. The summed E-state index contributed by atoms with van der Waals surface area (Å²) in [6, 6.07) is 19.0. The summed E-state index contributed by atoms with van der Waals surface area (Å²) in [7, 11) is 0. The minimum Gasteiger partial charge on any atom is -0.143 e. The zero-order valence-electron chi connectivity index (χ0n) is 9.64. The summed E-state index contributed by atoms with van der Waals surface area (Å²) in [5, 5.41) is 0. The fourth-order valence-corrected chi connectivity index (χ4v) is 2.05. The molecule has 82 valence electrons. The third-order valence-corrected chi connectivity index (χ3v) is 3.38. The van der Waals surface area contributed by atoms with E-state index < -0.39 is 0 Å². The van der Waals surface area contributed by atoms with E-state index in [0.717, 1.165) is 4.90 Å². The van der Waals surface area contributed by atoms with Gasteiger partial charge in [0.15, 0.2) is 0 Å². The Hall–Kier alpha value is -1.21. The van der Waals surface area contributed by atoms with Gasteiger partial charge in [-0.2, -0.15) is 0 Å². The van der Waals surface area contributed by atoms with Gasteiger partial charge in [0.1, 0.15) is 0 Å². The monoisotopic (exact) mass is 228 g/mol. The van der Waals surface area contributed by atoms with Gasteiger partial charge in [0.2, 0.25) is 0 Å². The molecule has 0 heterocycles. The highest BCUT2D eigenvalue weighted by Crippen LogP contribution is 2.31. The van der Waals surface area contributed by atoms with Crippen molar-refractivity contribution in [1.82, 2.24) is 0 Å². The maximum Gasteiger partial charge on any atom is 0.0146 e. The first-order chi connectivity index (χ1) is 7.60. The molecule has 2 aromatic rings. The zero-order valence-corrected chi connectivity index (χ0v) is 10.5. The normalized spacial score (nSPS) is 11.4. The van der Waals surface area contributed by atoms with E-state index >= 15 is 0 Å². The largest absolute Gasteiger partial charge is 0.143 e. The molecule has 16 heavy (non-hydrogen) atoms. The summed E-state index contributed by atoms with van der Waals surface area (Å²) < 4.78 is 0. The van der Waals surface area contributed by atoms with Crippen LogP contribution in [0.2, 0.25) is 0 Å². The maximum absolute atomic E-state index is 4.31. The Morgan fingerprint density at radius 2 is 1.25 bits per heavy atom. The second kappa shape index (κ2) is 4.34. The molecule has 0 bridgehead atoms. The molecule has 1 heteroatoms. The molecule has 0 radical (unpaired) electrons. The second-order valence-electron chi connectivity index (χ2n) is 4.54. The number of benzene rings is 2. The maximum atomic E-state index is 4.31. The fraction of sp³-hybridized carbons (Fsp3) is 0.200. The van der Waals surface area contributed by atoms with Crippen molar-refractivity contribution in [3.63, 3.8) is 0 Å². The minimum absolute atomic E-state index is 0.0444. The van der Waals surface area contributed by atoms with Crippen LogP contribution < -0.4 is 0 Å². The smallest absolute Gasteiger partial charge is 0.0146 e. The van der Waals surface area contributed by atoms with Gasteiger partial charge < -0.3 is 0 Å². The molecular formula is C15H16S. The summed E-state index contributed by atoms with van der Waals surface area (Å²) in [5.74, 6) is 0. The van der Waals surface area contributed by atoms with E-state index in [4.69, 9.17) is 0 Å². The Labute approximate surface area is 103 Å². The van der Waals surface area contributed by atoms with E-state index in [1.165, 1.54) is 11.1 Å². The third kappa shape index (κ3) is 2.14. The van der Waals surface area contributed by atoms with Crippen molar-refractivity contribution in [2.24, 2.45) is 0 Å².